The van der Waals surface area contributed by atoms with Crippen molar-refractivity contribution in [1.29, 1.82) is 0 Å². The smallest absolute Gasteiger partial charge is 0.225 e. The average Bonchev–Trinajstić information content (AvgIpc) is 2.41. The van der Waals surface area contributed by atoms with Crippen molar-refractivity contribution in [3.05, 3.63) is 23.8 Å². The monoisotopic (exact) mass is 279 g/mol. The highest BCUT2D eigenvalue weighted by Crippen LogP contribution is 2.18. The van der Waals surface area contributed by atoms with Gasteiger partial charge in [-0.25, -0.2) is 0 Å². The Morgan fingerprint density at radius 3 is 2.85 bits per heavy atom. The summed E-state index contributed by atoms with van der Waals surface area (Å²) in [6, 6.07) is 5.51. The summed E-state index contributed by atoms with van der Waals surface area (Å²) in [5.41, 5.74) is 8.17. The van der Waals surface area contributed by atoms with Gasteiger partial charge in [-0.05, 0) is 38.6 Å². The van der Waals surface area contributed by atoms with Gasteiger partial charge in [-0.15, -0.1) is 0 Å². The number of nitrogens with zero attached hydrogens (tertiary/aromatic N) is 1. The van der Waals surface area contributed by atoms with Crippen molar-refractivity contribution in [2.24, 2.45) is 0 Å². The summed E-state index contributed by atoms with van der Waals surface area (Å²) in [5.74, 6) is 0.00181. The molecule has 5 nitrogen and oxygen atoms in total. The number of benzene rings is 1. The van der Waals surface area contributed by atoms with E-state index >= 15 is 0 Å². The highest BCUT2D eigenvalue weighted by molar-refractivity contribution is 5.92. The van der Waals surface area contributed by atoms with Crippen molar-refractivity contribution in [3.8, 4) is 0 Å². The Bertz CT molecular complexity index is 435. The molecule has 112 valence electrons. The number of nitrogen functional groups attached to an aromatic ring is 1. The van der Waals surface area contributed by atoms with Crippen LogP contribution in [0.3, 0.4) is 0 Å². The lowest BCUT2D eigenvalue weighted by Crippen LogP contribution is -2.27. The van der Waals surface area contributed by atoms with Crippen LogP contribution in [0.15, 0.2) is 18.2 Å². The lowest BCUT2D eigenvalue weighted by molar-refractivity contribution is -0.116. The Labute approximate surface area is 121 Å². The normalized spacial score (nSPS) is 10.8. The molecule has 0 aliphatic rings. The van der Waals surface area contributed by atoms with E-state index in [4.69, 9.17) is 10.5 Å². The van der Waals surface area contributed by atoms with Crippen LogP contribution in [-0.4, -0.2) is 44.2 Å². The van der Waals surface area contributed by atoms with Crippen LogP contribution in [0.2, 0.25) is 0 Å². The minimum atomic E-state index is 0.00181. The number of nitrogens with two attached hydrogens (primary N) is 1. The second-order valence-corrected chi connectivity index (χ2v) is 4.87. The van der Waals surface area contributed by atoms with Crippen molar-refractivity contribution in [2.75, 3.05) is 44.4 Å². The molecule has 0 atom stereocenters. The number of hydrogen-bond acceptors (Lipinski definition) is 4. The summed E-state index contributed by atoms with van der Waals surface area (Å²) in [6.45, 7) is 6.88. The summed E-state index contributed by atoms with van der Waals surface area (Å²) in [6.07, 6.45) is 0.455. The van der Waals surface area contributed by atoms with Gasteiger partial charge in [-0.2, -0.15) is 0 Å². The molecule has 0 radical (unpaired) electrons. The van der Waals surface area contributed by atoms with Crippen LogP contribution in [0.5, 0.6) is 0 Å². The second kappa shape index (κ2) is 8.55. The van der Waals surface area contributed by atoms with Crippen molar-refractivity contribution in [1.82, 2.24) is 4.90 Å². The molecule has 1 rings (SSSR count). The third-order valence-electron chi connectivity index (χ3n) is 3.08. The largest absolute Gasteiger partial charge is 0.399 e. The first-order chi connectivity index (χ1) is 9.52. The summed E-state index contributed by atoms with van der Waals surface area (Å²) < 4.78 is 5.28. The van der Waals surface area contributed by atoms with E-state index in [2.05, 4.69) is 10.2 Å². The third-order valence-corrected chi connectivity index (χ3v) is 3.08. The number of aryl methyl sites for hydroxylation is 1. The van der Waals surface area contributed by atoms with Gasteiger partial charge in [0.1, 0.15) is 0 Å². The number of ether oxygens (including phenoxy) is 1. The highest BCUT2D eigenvalue weighted by atomic mass is 16.5. The van der Waals surface area contributed by atoms with Gasteiger partial charge in [-0.1, -0.05) is 6.07 Å². The zero-order chi connectivity index (χ0) is 15.0. The number of carbonyl (C=O) groups excluding carboxylic acids is 1. The Morgan fingerprint density at radius 1 is 1.40 bits per heavy atom. The molecule has 0 aromatic heterocycles. The van der Waals surface area contributed by atoms with E-state index < -0.39 is 0 Å². The van der Waals surface area contributed by atoms with E-state index in [1.807, 2.05) is 33.0 Å². The lowest BCUT2D eigenvalue weighted by atomic mass is 10.2. The van der Waals surface area contributed by atoms with E-state index in [-0.39, 0.29) is 5.91 Å². The van der Waals surface area contributed by atoms with Crippen molar-refractivity contribution >= 4 is 17.3 Å². The highest BCUT2D eigenvalue weighted by Gasteiger charge is 2.07. The molecule has 0 bridgehead atoms. The quantitative estimate of drug-likeness (QED) is 0.563. The maximum Gasteiger partial charge on any atom is 0.225 e. The number of nitrogens with one attached hydrogen (secondary N) is 1. The van der Waals surface area contributed by atoms with Gasteiger partial charge in [0.05, 0.1) is 6.61 Å². The van der Waals surface area contributed by atoms with Gasteiger partial charge in [0.15, 0.2) is 0 Å². The molecule has 0 fully saturated rings. The lowest BCUT2D eigenvalue weighted by Gasteiger charge is -2.16. The zero-order valence-electron chi connectivity index (χ0n) is 12.6. The summed E-state index contributed by atoms with van der Waals surface area (Å²) in [7, 11) is 1.98. The summed E-state index contributed by atoms with van der Waals surface area (Å²) >= 11 is 0. The Hall–Kier alpha value is -1.59. The molecular formula is C15H25N3O2. The fraction of sp³-hybridized carbons (Fsp3) is 0.533. The van der Waals surface area contributed by atoms with Gasteiger partial charge in [-0.3, -0.25) is 4.79 Å². The van der Waals surface area contributed by atoms with E-state index in [0.717, 1.165) is 24.4 Å². The third kappa shape index (κ3) is 6.04. The Balaban J connectivity index is 2.34. The number of carbonyl (C=O) groups is 1. The van der Waals surface area contributed by atoms with Crippen molar-refractivity contribution in [3.63, 3.8) is 0 Å². The molecule has 0 heterocycles. The molecule has 0 saturated heterocycles. The standard InChI is InChI=1S/C15H25N3O2/c1-4-20-10-9-18(3)8-7-15(19)17-14-11-13(16)6-5-12(14)2/h5-6,11H,4,7-10,16H2,1-3H3,(H,17,19). The minimum Gasteiger partial charge on any atom is -0.399 e. The molecule has 1 amide bonds. The first-order valence-corrected chi connectivity index (χ1v) is 6.95. The fourth-order valence-electron chi connectivity index (χ4n) is 1.76. The fourth-order valence-corrected chi connectivity index (χ4v) is 1.76. The number of rotatable bonds is 8. The van der Waals surface area contributed by atoms with E-state index in [9.17, 15) is 4.79 Å². The summed E-state index contributed by atoms with van der Waals surface area (Å²) in [4.78, 5) is 14.0. The molecule has 1 aromatic rings. The number of hydrogen-bond donors (Lipinski definition) is 2. The minimum absolute atomic E-state index is 0.00181. The molecule has 0 aliphatic heterocycles. The van der Waals surface area contributed by atoms with Crippen molar-refractivity contribution in [2.45, 2.75) is 20.3 Å². The number of amides is 1. The van der Waals surface area contributed by atoms with E-state index in [1.165, 1.54) is 0 Å². The van der Waals surface area contributed by atoms with Gasteiger partial charge in [0, 0.05) is 37.5 Å². The predicted octanol–water partition coefficient (Wildman–Crippen LogP) is 1.87. The summed E-state index contributed by atoms with van der Waals surface area (Å²) in [5, 5.41) is 2.90. The van der Waals surface area contributed by atoms with E-state index in [0.29, 0.717) is 25.3 Å². The molecule has 0 saturated carbocycles. The van der Waals surface area contributed by atoms with Gasteiger partial charge < -0.3 is 20.7 Å². The van der Waals surface area contributed by atoms with Crippen LogP contribution in [0, 0.1) is 6.92 Å². The van der Waals surface area contributed by atoms with Crippen LogP contribution >= 0.6 is 0 Å². The van der Waals surface area contributed by atoms with Crippen LogP contribution in [0.4, 0.5) is 11.4 Å². The molecule has 0 unspecified atom stereocenters. The van der Waals surface area contributed by atoms with Crippen LogP contribution in [0.1, 0.15) is 18.9 Å². The number of anilines is 2. The van der Waals surface area contributed by atoms with Gasteiger partial charge in [0.2, 0.25) is 5.91 Å². The van der Waals surface area contributed by atoms with E-state index in [1.54, 1.807) is 6.07 Å². The SMILES string of the molecule is CCOCCN(C)CCC(=O)Nc1cc(N)ccc1C. The van der Waals surface area contributed by atoms with Crippen molar-refractivity contribution < 1.29 is 9.53 Å². The predicted molar refractivity (Wildman–Crippen MR) is 82.8 cm³/mol. The molecule has 3 N–H and O–H groups in total. The first-order valence-electron chi connectivity index (χ1n) is 6.95. The number of likely N-dealkylation sites (N-methyl/N-ethyl adjacent to an activating group) is 1. The van der Waals surface area contributed by atoms with Crippen LogP contribution in [-0.2, 0) is 9.53 Å². The van der Waals surface area contributed by atoms with Crippen LogP contribution < -0.4 is 11.1 Å². The first kappa shape index (κ1) is 16.5. The van der Waals surface area contributed by atoms with Gasteiger partial charge in [0.25, 0.3) is 0 Å². The second-order valence-electron chi connectivity index (χ2n) is 4.87. The molecule has 0 spiro atoms. The molecule has 20 heavy (non-hydrogen) atoms. The Morgan fingerprint density at radius 2 is 2.15 bits per heavy atom. The van der Waals surface area contributed by atoms with Crippen LogP contribution in [0.25, 0.3) is 0 Å². The molecule has 1 aromatic carbocycles. The van der Waals surface area contributed by atoms with Gasteiger partial charge >= 0.3 is 0 Å². The molecular weight excluding hydrogens is 254 g/mol. The average molecular weight is 279 g/mol. The molecule has 5 heteroatoms. The topological polar surface area (TPSA) is 67.6 Å². The Kier molecular flexibility index (Phi) is 7.04. The maximum atomic E-state index is 11.9. The molecule has 0 aliphatic carbocycles. The maximum absolute atomic E-state index is 11.9. The zero-order valence-corrected chi connectivity index (χ0v) is 12.6.